The standard InChI is InChI=1S/C23H25N3O5/c1-29-18-7-5-17(6-8-18)19-13-23(28)26(15-25-19)14-22(27)24-11-10-16-4-9-20(30-2)21(12-16)31-3/h4-9,12-13,15H,10-11,14H2,1-3H3,(H,24,27). The zero-order chi connectivity index (χ0) is 22.2. The highest BCUT2D eigenvalue weighted by molar-refractivity contribution is 5.75. The molecule has 0 bridgehead atoms. The lowest BCUT2D eigenvalue weighted by molar-refractivity contribution is -0.121. The number of rotatable bonds is 9. The molecule has 0 spiro atoms. The number of nitrogens with one attached hydrogen (secondary N) is 1. The predicted molar refractivity (Wildman–Crippen MR) is 117 cm³/mol. The summed E-state index contributed by atoms with van der Waals surface area (Å²) in [5.74, 6) is 1.75. The maximum atomic E-state index is 12.4. The Hall–Kier alpha value is -3.81. The zero-order valence-corrected chi connectivity index (χ0v) is 17.8. The lowest BCUT2D eigenvalue weighted by atomic mass is 10.1. The predicted octanol–water partition coefficient (Wildman–Crippen LogP) is 2.29. The van der Waals surface area contributed by atoms with Crippen LogP contribution in [0.25, 0.3) is 11.3 Å². The van der Waals surface area contributed by atoms with Gasteiger partial charge in [-0.1, -0.05) is 6.07 Å². The van der Waals surface area contributed by atoms with E-state index >= 15 is 0 Å². The molecule has 1 aromatic heterocycles. The van der Waals surface area contributed by atoms with Crippen molar-refractivity contribution in [2.75, 3.05) is 27.9 Å². The molecule has 3 aromatic rings. The number of carbonyl (C=O) groups excluding carboxylic acids is 1. The van der Waals surface area contributed by atoms with Gasteiger partial charge >= 0.3 is 0 Å². The smallest absolute Gasteiger partial charge is 0.254 e. The monoisotopic (exact) mass is 423 g/mol. The topological polar surface area (TPSA) is 91.7 Å². The Morgan fingerprint density at radius 3 is 2.35 bits per heavy atom. The molecule has 31 heavy (non-hydrogen) atoms. The third-order valence-corrected chi connectivity index (χ3v) is 4.76. The minimum absolute atomic E-state index is 0.0966. The fraction of sp³-hybridized carbons (Fsp3) is 0.261. The van der Waals surface area contributed by atoms with Crippen LogP contribution in [-0.2, 0) is 17.8 Å². The van der Waals surface area contributed by atoms with E-state index < -0.39 is 0 Å². The molecule has 0 aliphatic carbocycles. The molecule has 3 rings (SSSR count). The van der Waals surface area contributed by atoms with E-state index in [2.05, 4.69) is 10.3 Å². The van der Waals surface area contributed by atoms with E-state index in [0.717, 1.165) is 16.9 Å². The third-order valence-electron chi connectivity index (χ3n) is 4.76. The summed E-state index contributed by atoms with van der Waals surface area (Å²) in [6.45, 7) is 0.334. The van der Waals surface area contributed by atoms with Crippen LogP contribution < -0.4 is 25.1 Å². The Labute approximate surface area is 180 Å². The van der Waals surface area contributed by atoms with E-state index in [1.807, 2.05) is 30.3 Å². The second kappa shape index (κ2) is 10.3. The Morgan fingerprint density at radius 1 is 0.968 bits per heavy atom. The summed E-state index contributed by atoms with van der Waals surface area (Å²) in [5.41, 5.74) is 2.04. The number of carbonyl (C=O) groups is 1. The van der Waals surface area contributed by atoms with E-state index in [1.54, 1.807) is 33.5 Å². The van der Waals surface area contributed by atoms with Crippen LogP contribution in [0.2, 0.25) is 0 Å². The van der Waals surface area contributed by atoms with Crippen LogP contribution in [0, 0.1) is 0 Å². The molecule has 1 N–H and O–H groups in total. The fourth-order valence-electron chi connectivity index (χ4n) is 3.06. The number of nitrogens with zero attached hydrogens (tertiary/aromatic N) is 2. The second-order valence-electron chi connectivity index (χ2n) is 6.76. The first-order chi connectivity index (χ1) is 15.0. The normalized spacial score (nSPS) is 10.4. The molecule has 1 heterocycles. The van der Waals surface area contributed by atoms with Gasteiger partial charge in [-0.2, -0.15) is 0 Å². The summed E-state index contributed by atoms with van der Waals surface area (Å²) in [7, 11) is 4.75. The molecular weight excluding hydrogens is 398 g/mol. The Kier molecular flexibility index (Phi) is 7.26. The molecule has 0 unspecified atom stereocenters. The highest BCUT2D eigenvalue weighted by Gasteiger charge is 2.08. The van der Waals surface area contributed by atoms with Gasteiger partial charge < -0.3 is 19.5 Å². The number of hydrogen-bond donors (Lipinski definition) is 1. The van der Waals surface area contributed by atoms with Gasteiger partial charge in [0.05, 0.1) is 33.4 Å². The molecule has 162 valence electrons. The Bertz CT molecular complexity index is 1090. The van der Waals surface area contributed by atoms with Crippen molar-refractivity contribution in [3.8, 4) is 28.5 Å². The van der Waals surface area contributed by atoms with E-state index in [0.29, 0.717) is 30.2 Å². The van der Waals surface area contributed by atoms with Gasteiger partial charge in [-0.3, -0.25) is 14.2 Å². The van der Waals surface area contributed by atoms with Gasteiger partial charge in [0.2, 0.25) is 5.91 Å². The average molecular weight is 423 g/mol. The van der Waals surface area contributed by atoms with Crippen molar-refractivity contribution in [1.29, 1.82) is 0 Å². The second-order valence-corrected chi connectivity index (χ2v) is 6.76. The van der Waals surface area contributed by atoms with E-state index in [1.165, 1.54) is 17.0 Å². The minimum Gasteiger partial charge on any atom is -0.497 e. The largest absolute Gasteiger partial charge is 0.497 e. The quantitative estimate of drug-likeness (QED) is 0.568. The third kappa shape index (κ3) is 5.63. The molecule has 8 heteroatoms. The molecule has 0 aliphatic rings. The van der Waals surface area contributed by atoms with Crippen molar-refractivity contribution < 1.29 is 19.0 Å². The molecule has 0 saturated heterocycles. The maximum absolute atomic E-state index is 12.4. The number of amides is 1. The van der Waals surface area contributed by atoms with Gasteiger partial charge in [0.15, 0.2) is 11.5 Å². The van der Waals surface area contributed by atoms with Crippen molar-refractivity contribution in [3.63, 3.8) is 0 Å². The number of benzene rings is 2. The highest BCUT2D eigenvalue weighted by atomic mass is 16.5. The Morgan fingerprint density at radius 2 is 1.71 bits per heavy atom. The molecular formula is C23H25N3O5. The van der Waals surface area contributed by atoms with E-state index in [9.17, 15) is 9.59 Å². The summed E-state index contributed by atoms with van der Waals surface area (Å²) in [5, 5.41) is 2.82. The summed E-state index contributed by atoms with van der Waals surface area (Å²) in [6.07, 6.45) is 2.01. The number of aromatic nitrogens is 2. The van der Waals surface area contributed by atoms with Gasteiger partial charge in [-0.15, -0.1) is 0 Å². The van der Waals surface area contributed by atoms with Gasteiger partial charge in [-0.25, -0.2) is 4.98 Å². The Balaban J connectivity index is 1.56. The average Bonchev–Trinajstić information content (AvgIpc) is 2.80. The summed E-state index contributed by atoms with van der Waals surface area (Å²) < 4.78 is 16.9. The first kappa shape index (κ1) is 21.9. The molecule has 0 saturated carbocycles. The minimum atomic E-state index is -0.296. The van der Waals surface area contributed by atoms with Crippen LogP contribution in [0.3, 0.4) is 0 Å². The van der Waals surface area contributed by atoms with Crippen LogP contribution >= 0.6 is 0 Å². The SMILES string of the molecule is COc1ccc(-c2cc(=O)n(CC(=O)NCCc3ccc(OC)c(OC)c3)cn2)cc1. The molecule has 0 radical (unpaired) electrons. The summed E-state index contributed by atoms with van der Waals surface area (Å²) >= 11 is 0. The van der Waals surface area contributed by atoms with Crippen molar-refractivity contribution in [3.05, 3.63) is 70.8 Å². The van der Waals surface area contributed by atoms with Crippen molar-refractivity contribution >= 4 is 5.91 Å². The van der Waals surface area contributed by atoms with Crippen LogP contribution in [-0.4, -0.2) is 43.3 Å². The van der Waals surface area contributed by atoms with Gasteiger partial charge in [0, 0.05) is 18.2 Å². The van der Waals surface area contributed by atoms with Crippen molar-refractivity contribution in [2.24, 2.45) is 0 Å². The zero-order valence-electron chi connectivity index (χ0n) is 17.8. The van der Waals surface area contributed by atoms with E-state index in [4.69, 9.17) is 14.2 Å². The molecule has 1 amide bonds. The van der Waals surface area contributed by atoms with Crippen LogP contribution in [0.15, 0.2) is 59.7 Å². The lowest BCUT2D eigenvalue weighted by Crippen LogP contribution is -2.33. The summed E-state index contributed by atoms with van der Waals surface area (Å²) in [6, 6.07) is 14.3. The van der Waals surface area contributed by atoms with Crippen LogP contribution in [0.1, 0.15) is 5.56 Å². The van der Waals surface area contributed by atoms with E-state index in [-0.39, 0.29) is 18.0 Å². The summed E-state index contributed by atoms with van der Waals surface area (Å²) in [4.78, 5) is 28.9. The molecule has 0 aliphatic heterocycles. The van der Waals surface area contributed by atoms with Gasteiger partial charge in [0.1, 0.15) is 12.3 Å². The number of methoxy groups -OCH3 is 3. The van der Waals surface area contributed by atoms with Crippen LogP contribution in [0.4, 0.5) is 0 Å². The van der Waals surface area contributed by atoms with Crippen LogP contribution in [0.5, 0.6) is 17.2 Å². The maximum Gasteiger partial charge on any atom is 0.254 e. The number of ether oxygens (including phenoxy) is 3. The molecule has 2 aromatic carbocycles. The molecule has 0 atom stereocenters. The lowest BCUT2D eigenvalue weighted by Gasteiger charge is -2.11. The molecule has 0 fully saturated rings. The fourth-order valence-corrected chi connectivity index (χ4v) is 3.06. The molecule has 8 nitrogen and oxygen atoms in total. The number of hydrogen-bond acceptors (Lipinski definition) is 6. The first-order valence-electron chi connectivity index (χ1n) is 9.72. The van der Waals surface area contributed by atoms with Gasteiger partial charge in [0.25, 0.3) is 5.56 Å². The first-order valence-corrected chi connectivity index (χ1v) is 9.72. The van der Waals surface area contributed by atoms with Gasteiger partial charge in [-0.05, 0) is 48.4 Å². The van der Waals surface area contributed by atoms with Crippen molar-refractivity contribution in [2.45, 2.75) is 13.0 Å². The van der Waals surface area contributed by atoms with Crippen molar-refractivity contribution in [1.82, 2.24) is 14.9 Å². The highest BCUT2D eigenvalue weighted by Crippen LogP contribution is 2.27.